The van der Waals surface area contributed by atoms with Crippen LogP contribution in [0.25, 0.3) is 0 Å². The highest BCUT2D eigenvalue weighted by atomic mass is 32.2. The first-order valence-corrected chi connectivity index (χ1v) is 9.16. The van der Waals surface area contributed by atoms with Crippen molar-refractivity contribution in [1.82, 2.24) is 4.31 Å². The maximum absolute atomic E-state index is 12.6. The molecule has 20 heavy (non-hydrogen) atoms. The molecular formula is C15H17NO2S2. The number of thiophene rings is 1. The van der Waals surface area contributed by atoms with Crippen LogP contribution >= 0.6 is 11.3 Å². The van der Waals surface area contributed by atoms with E-state index in [-0.39, 0.29) is 11.8 Å². The average Bonchev–Trinajstić information content (AvgIpc) is 2.88. The van der Waals surface area contributed by atoms with Gasteiger partial charge in [0.25, 0.3) is 0 Å². The smallest absolute Gasteiger partial charge is 0.212 e. The van der Waals surface area contributed by atoms with E-state index in [1.54, 1.807) is 15.6 Å². The molecule has 0 bridgehead atoms. The van der Waals surface area contributed by atoms with Gasteiger partial charge in [-0.25, -0.2) is 8.42 Å². The van der Waals surface area contributed by atoms with Gasteiger partial charge >= 0.3 is 0 Å². The van der Waals surface area contributed by atoms with Crippen LogP contribution in [0.5, 0.6) is 0 Å². The Kier molecular flexibility index (Phi) is 3.67. The minimum absolute atomic E-state index is 0.0567. The summed E-state index contributed by atoms with van der Waals surface area (Å²) in [4.78, 5) is 1.32. The van der Waals surface area contributed by atoms with Crippen molar-refractivity contribution in [2.75, 3.05) is 6.54 Å². The Morgan fingerprint density at radius 2 is 2.00 bits per heavy atom. The fraction of sp³-hybridized carbons (Fsp3) is 0.333. The molecule has 1 aliphatic rings. The third-order valence-electron chi connectivity index (χ3n) is 3.77. The van der Waals surface area contributed by atoms with Gasteiger partial charge in [-0.15, -0.1) is 11.3 Å². The van der Waals surface area contributed by atoms with E-state index in [9.17, 15) is 8.42 Å². The number of sulfonamides is 1. The molecule has 1 atom stereocenters. The second kappa shape index (κ2) is 5.31. The molecule has 3 rings (SSSR count). The Morgan fingerprint density at radius 1 is 1.25 bits per heavy atom. The van der Waals surface area contributed by atoms with Crippen molar-refractivity contribution in [2.24, 2.45) is 0 Å². The molecule has 1 aliphatic heterocycles. The predicted molar refractivity (Wildman–Crippen MR) is 82.2 cm³/mol. The van der Waals surface area contributed by atoms with Gasteiger partial charge in [0.2, 0.25) is 10.0 Å². The summed E-state index contributed by atoms with van der Waals surface area (Å²) >= 11 is 1.72. The molecule has 1 aromatic heterocycles. The van der Waals surface area contributed by atoms with Crippen LogP contribution in [-0.4, -0.2) is 19.3 Å². The van der Waals surface area contributed by atoms with E-state index in [1.165, 1.54) is 4.88 Å². The maximum atomic E-state index is 12.6. The summed E-state index contributed by atoms with van der Waals surface area (Å²) in [6, 6.07) is 11.4. The molecule has 1 aromatic carbocycles. The van der Waals surface area contributed by atoms with E-state index in [0.29, 0.717) is 6.54 Å². The van der Waals surface area contributed by atoms with Crippen molar-refractivity contribution >= 4 is 21.4 Å². The summed E-state index contributed by atoms with van der Waals surface area (Å²) in [6.07, 6.45) is 0.825. The van der Waals surface area contributed by atoms with Crippen molar-refractivity contribution in [3.05, 3.63) is 57.8 Å². The third kappa shape index (κ3) is 2.53. The molecule has 1 unspecified atom stereocenters. The van der Waals surface area contributed by atoms with Gasteiger partial charge in [-0.05, 0) is 35.9 Å². The highest BCUT2D eigenvalue weighted by Gasteiger charge is 2.33. The Bertz CT molecular complexity index is 692. The van der Waals surface area contributed by atoms with Crippen LogP contribution in [0, 0.1) is 0 Å². The molecule has 5 heteroatoms. The first-order chi connectivity index (χ1) is 9.58. The Labute approximate surface area is 123 Å². The molecule has 0 saturated carbocycles. The van der Waals surface area contributed by atoms with Gasteiger partial charge in [0.05, 0.1) is 5.75 Å². The van der Waals surface area contributed by atoms with Crippen LogP contribution in [0.4, 0.5) is 0 Å². The van der Waals surface area contributed by atoms with Crippen molar-refractivity contribution in [2.45, 2.75) is 25.1 Å². The van der Waals surface area contributed by atoms with Crippen molar-refractivity contribution < 1.29 is 8.42 Å². The number of rotatable bonds is 3. The van der Waals surface area contributed by atoms with Gasteiger partial charge in [0, 0.05) is 17.5 Å². The largest absolute Gasteiger partial charge is 0.218 e. The fourth-order valence-corrected chi connectivity index (χ4v) is 5.44. The summed E-state index contributed by atoms with van der Waals surface area (Å²) in [5.41, 5.74) is 2.01. The molecule has 0 N–H and O–H groups in total. The van der Waals surface area contributed by atoms with Crippen LogP contribution in [0.1, 0.15) is 29.0 Å². The lowest BCUT2D eigenvalue weighted by molar-refractivity contribution is 0.328. The zero-order chi connectivity index (χ0) is 14.2. The molecular weight excluding hydrogens is 290 g/mol. The van der Waals surface area contributed by atoms with Crippen LogP contribution in [-0.2, 0) is 22.2 Å². The van der Waals surface area contributed by atoms with Gasteiger partial charge in [0.1, 0.15) is 0 Å². The Balaban J connectivity index is 1.86. The van der Waals surface area contributed by atoms with Crippen LogP contribution < -0.4 is 0 Å². The summed E-state index contributed by atoms with van der Waals surface area (Å²) in [5, 5.41) is 2.05. The number of hydrogen-bond acceptors (Lipinski definition) is 3. The normalized spacial score (nSPS) is 19.8. The lowest BCUT2D eigenvalue weighted by Crippen LogP contribution is -2.38. The van der Waals surface area contributed by atoms with E-state index in [1.807, 2.05) is 37.3 Å². The predicted octanol–water partition coefficient (Wildman–Crippen LogP) is 3.20. The Hall–Kier alpha value is -1.17. The van der Waals surface area contributed by atoms with E-state index in [0.717, 1.165) is 17.5 Å². The third-order valence-corrected chi connectivity index (χ3v) is 6.68. The highest BCUT2D eigenvalue weighted by Crippen LogP contribution is 2.35. The van der Waals surface area contributed by atoms with Gasteiger partial charge in [-0.3, -0.25) is 0 Å². The van der Waals surface area contributed by atoms with E-state index >= 15 is 0 Å². The first-order valence-electron chi connectivity index (χ1n) is 6.67. The van der Waals surface area contributed by atoms with Gasteiger partial charge in [0.15, 0.2) is 0 Å². The summed E-state index contributed by atoms with van der Waals surface area (Å²) < 4.78 is 26.9. The second-order valence-corrected chi connectivity index (χ2v) is 8.00. The molecule has 0 fully saturated rings. The molecule has 2 aromatic rings. The molecule has 0 aliphatic carbocycles. The monoisotopic (exact) mass is 307 g/mol. The molecule has 0 radical (unpaired) electrons. The highest BCUT2D eigenvalue weighted by molar-refractivity contribution is 7.88. The molecule has 2 heterocycles. The molecule has 0 amide bonds. The topological polar surface area (TPSA) is 37.4 Å². The van der Waals surface area contributed by atoms with E-state index < -0.39 is 10.0 Å². The SMILES string of the molecule is CC1c2ccsc2CCN1S(=O)(=O)Cc1ccccc1. The van der Waals surface area contributed by atoms with Gasteiger partial charge < -0.3 is 0 Å². The molecule has 106 valence electrons. The maximum Gasteiger partial charge on any atom is 0.218 e. The van der Waals surface area contributed by atoms with Gasteiger partial charge in [-0.2, -0.15) is 4.31 Å². The van der Waals surface area contributed by atoms with Crippen LogP contribution in [0.15, 0.2) is 41.8 Å². The summed E-state index contributed by atoms with van der Waals surface area (Å²) in [5.74, 6) is 0.0810. The van der Waals surface area contributed by atoms with Crippen molar-refractivity contribution in [1.29, 1.82) is 0 Å². The Morgan fingerprint density at radius 3 is 2.75 bits per heavy atom. The van der Waals surface area contributed by atoms with Crippen LogP contribution in [0.2, 0.25) is 0 Å². The van der Waals surface area contributed by atoms with Crippen molar-refractivity contribution in [3.63, 3.8) is 0 Å². The quantitative estimate of drug-likeness (QED) is 0.873. The fourth-order valence-electron chi connectivity index (χ4n) is 2.73. The van der Waals surface area contributed by atoms with Crippen LogP contribution in [0.3, 0.4) is 0 Å². The summed E-state index contributed by atoms with van der Waals surface area (Å²) in [6.45, 7) is 2.57. The minimum Gasteiger partial charge on any atom is -0.212 e. The molecule has 0 spiro atoms. The van der Waals surface area contributed by atoms with Gasteiger partial charge in [-0.1, -0.05) is 30.3 Å². The lowest BCUT2D eigenvalue weighted by atomic mass is 10.0. The second-order valence-electron chi connectivity index (χ2n) is 5.08. The first kappa shape index (κ1) is 13.8. The minimum atomic E-state index is -3.27. The zero-order valence-corrected chi connectivity index (χ0v) is 13.0. The molecule has 0 saturated heterocycles. The molecule has 3 nitrogen and oxygen atoms in total. The van der Waals surface area contributed by atoms with Crippen molar-refractivity contribution in [3.8, 4) is 0 Å². The lowest BCUT2D eigenvalue weighted by Gasteiger charge is -2.32. The number of fused-ring (bicyclic) bond motifs is 1. The standard InChI is InChI=1S/C15H17NO2S2/c1-12-14-8-10-19-15(14)7-9-16(12)20(17,18)11-13-5-3-2-4-6-13/h2-6,8,10,12H,7,9,11H2,1H3. The van der Waals surface area contributed by atoms with E-state index in [4.69, 9.17) is 0 Å². The summed E-state index contributed by atoms with van der Waals surface area (Å²) in [7, 11) is -3.27. The van der Waals surface area contributed by atoms with E-state index in [2.05, 4.69) is 11.4 Å². The zero-order valence-electron chi connectivity index (χ0n) is 11.3. The number of nitrogens with zero attached hydrogens (tertiary/aromatic N) is 1. The number of benzene rings is 1. The number of hydrogen-bond donors (Lipinski definition) is 0. The average molecular weight is 307 g/mol.